The summed E-state index contributed by atoms with van der Waals surface area (Å²) in [6.45, 7) is 6.20. The first-order valence-electron chi connectivity index (χ1n) is 9.91. The van der Waals surface area contributed by atoms with Gasteiger partial charge in [-0.05, 0) is 50.5 Å². The number of carbonyl (C=O) groups excluding carboxylic acids is 1. The van der Waals surface area contributed by atoms with Crippen LogP contribution in [0.25, 0.3) is 0 Å². The van der Waals surface area contributed by atoms with Crippen molar-refractivity contribution < 1.29 is 4.79 Å². The number of hydrogen-bond donors (Lipinski definition) is 2. The lowest BCUT2D eigenvalue weighted by molar-refractivity contribution is -0.133. The Hall–Kier alpha value is -1.30. The summed E-state index contributed by atoms with van der Waals surface area (Å²) in [6.07, 6.45) is 8.43. The Bertz CT molecular complexity index is 453. The highest BCUT2D eigenvalue weighted by Gasteiger charge is 2.35. The van der Waals surface area contributed by atoms with Gasteiger partial charge in [0.05, 0.1) is 6.04 Å². The predicted molar refractivity (Wildman–Crippen MR) is 104 cm³/mol. The molecule has 0 spiro atoms. The number of hydrogen-bond acceptors (Lipinski definition) is 3. The Balaban J connectivity index is 1.66. The summed E-state index contributed by atoms with van der Waals surface area (Å²) in [7, 11) is 5.53. The lowest BCUT2D eigenvalue weighted by Gasteiger charge is -2.41. The van der Waals surface area contributed by atoms with E-state index in [0.29, 0.717) is 5.41 Å². The number of carbonyl (C=O) groups is 1. The molecule has 0 aromatic heterocycles. The maximum absolute atomic E-state index is 12.2. The largest absolute Gasteiger partial charge is 0.356 e. The maximum Gasteiger partial charge on any atom is 0.239 e. The van der Waals surface area contributed by atoms with Gasteiger partial charge in [0, 0.05) is 40.8 Å². The van der Waals surface area contributed by atoms with E-state index in [2.05, 4.69) is 27.4 Å². The molecule has 2 fully saturated rings. The van der Waals surface area contributed by atoms with E-state index >= 15 is 0 Å². The van der Waals surface area contributed by atoms with Crippen LogP contribution in [0.3, 0.4) is 0 Å². The molecular formula is C19H37N5O. The Kier molecular flexibility index (Phi) is 7.54. The molecule has 6 heteroatoms. The molecule has 0 aromatic rings. The standard InChI is InChI=1S/C19H37N5O/c1-5-19(10-7-11-19)15-22-18(20-2)21-12-8-14-24-13-6-9-16(24)17(25)23(3)4/h16H,5-15H2,1-4H3,(H2,20,21,22). The minimum atomic E-state index is 0.0791. The van der Waals surface area contributed by atoms with Crippen molar-refractivity contribution in [3.8, 4) is 0 Å². The lowest BCUT2D eigenvalue weighted by Crippen LogP contribution is -2.47. The van der Waals surface area contributed by atoms with Gasteiger partial charge < -0.3 is 15.5 Å². The van der Waals surface area contributed by atoms with Crippen molar-refractivity contribution in [2.24, 2.45) is 10.4 Å². The Morgan fingerprint density at radius 2 is 2.04 bits per heavy atom. The Morgan fingerprint density at radius 3 is 2.60 bits per heavy atom. The maximum atomic E-state index is 12.2. The van der Waals surface area contributed by atoms with E-state index in [1.165, 1.54) is 25.7 Å². The molecule has 2 aliphatic rings. The zero-order valence-electron chi connectivity index (χ0n) is 16.6. The third-order valence-electron chi connectivity index (χ3n) is 6.02. The quantitative estimate of drug-likeness (QED) is 0.397. The number of aliphatic imine (C=N–C) groups is 1. The highest BCUT2D eigenvalue weighted by molar-refractivity contribution is 5.81. The summed E-state index contributed by atoms with van der Waals surface area (Å²) in [6, 6.07) is 0.0791. The van der Waals surface area contributed by atoms with Gasteiger partial charge in [-0.1, -0.05) is 13.3 Å². The fourth-order valence-electron chi connectivity index (χ4n) is 3.98. The van der Waals surface area contributed by atoms with E-state index < -0.39 is 0 Å². The second kappa shape index (κ2) is 9.41. The molecule has 1 aliphatic carbocycles. The first kappa shape index (κ1) is 20.0. The monoisotopic (exact) mass is 351 g/mol. The zero-order chi connectivity index (χ0) is 18.3. The summed E-state index contributed by atoms with van der Waals surface area (Å²) in [5.74, 6) is 1.15. The van der Waals surface area contributed by atoms with Crippen LogP contribution in [0.15, 0.2) is 4.99 Å². The molecule has 0 bridgehead atoms. The number of rotatable bonds is 8. The summed E-state index contributed by atoms with van der Waals surface area (Å²) < 4.78 is 0. The minimum absolute atomic E-state index is 0.0791. The van der Waals surface area contributed by atoms with Crippen molar-refractivity contribution in [2.75, 3.05) is 47.3 Å². The van der Waals surface area contributed by atoms with Crippen LogP contribution >= 0.6 is 0 Å². The topological polar surface area (TPSA) is 60.0 Å². The van der Waals surface area contributed by atoms with Crippen molar-refractivity contribution >= 4 is 11.9 Å². The predicted octanol–water partition coefficient (Wildman–Crippen LogP) is 1.67. The molecule has 1 saturated carbocycles. The van der Waals surface area contributed by atoms with E-state index in [9.17, 15) is 4.79 Å². The van der Waals surface area contributed by atoms with Gasteiger partial charge in [-0.3, -0.25) is 14.7 Å². The first-order chi connectivity index (χ1) is 12.0. The summed E-state index contributed by atoms with van der Waals surface area (Å²) in [5, 5.41) is 6.92. The number of likely N-dealkylation sites (N-methyl/N-ethyl adjacent to an activating group) is 1. The highest BCUT2D eigenvalue weighted by Crippen LogP contribution is 2.42. The van der Waals surface area contributed by atoms with Crippen LogP contribution in [0, 0.1) is 5.41 Å². The van der Waals surface area contributed by atoms with Gasteiger partial charge in [-0.2, -0.15) is 0 Å². The van der Waals surface area contributed by atoms with Crippen molar-refractivity contribution in [2.45, 2.75) is 57.9 Å². The molecule has 2 N–H and O–H groups in total. The van der Waals surface area contributed by atoms with Crippen LogP contribution in [-0.2, 0) is 4.79 Å². The van der Waals surface area contributed by atoms with E-state index in [1.54, 1.807) is 4.90 Å². The molecule has 1 saturated heterocycles. The van der Waals surface area contributed by atoms with Gasteiger partial charge in [-0.25, -0.2) is 0 Å². The van der Waals surface area contributed by atoms with Crippen LogP contribution in [-0.4, -0.2) is 75.0 Å². The van der Waals surface area contributed by atoms with Gasteiger partial charge in [0.25, 0.3) is 0 Å². The average Bonchev–Trinajstić information content (AvgIpc) is 3.03. The van der Waals surface area contributed by atoms with Gasteiger partial charge >= 0.3 is 0 Å². The zero-order valence-corrected chi connectivity index (χ0v) is 16.6. The van der Waals surface area contributed by atoms with Crippen molar-refractivity contribution in [3.05, 3.63) is 0 Å². The summed E-state index contributed by atoms with van der Waals surface area (Å²) in [5.41, 5.74) is 0.493. The molecule has 1 aliphatic heterocycles. The van der Waals surface area contributed by atoms with Gasteiger partial charge in [0.2, 0.25) is 5.91 Å². The Labute approximate surface area is 153 Å². The molecule has 0 aromatic carbocycles. The van der Waals surface area contributed by atoms with Crippen molar-refractivity contribution in [1.29, 1.82) is 0 Å². The molecule has 2 rings (SSSR count). The van der Waals surface area contributed by atoms with Crippen molar-refractivity contribution in [3.63, 3.8) is 0 Å². The van der Waals surface area contributed by atoms with Crippen molar-refractivity contribution in [1.82, 2.24) is 20.4 Å². The smallest absolute Gasteiger partial charge is 0.239 e. The van der Waals surface area contributed by atoms with E-state index in [-0.39, 0.29) is 11.9 Å². The molecule has 1 unspecified atom stereocenters. The molecule has 144 valence electrons. The van der Waals surface area contributed by atoms with Crippen LogP contribution < -0.4 is 10.6 Å². The van der Waals surface area contributed by atoms with Gasteiger partial charge in [0.15, 0.2) is 5.96 Å². The summed E-state index contributed by atoms with van der Waals surface area (Å²) >= 11 is 0. The van der Waals surface area contributed by atoms with Crippen LogP contribution in [0.2, 0.25) is 0 Å². The summed E-state index contributed by atoms with van der Waals surface area (Å²) in [4.78, 5) is 20.6. The molecule has 1 heterocycles. The number of nitrogens with zero attached hydrogens (tertiary/aromatic N) is 3. The minimum Gasteiger partial charge on any atom is -0.356 e. The fourth-order valence-corrected chi connectivity index (χ4v) is 3.98. The molecule has 0 radical (unpaired) electrons. The molecular weight excluding hydrogens is 314 g/mol. The molecule has 25 heavy (non-hydrogen) atoms. The van der Waals surface area contributed by atoms with Crippen LogP contribution in [0.1, 0.15) is 51.9 Å². The molecule has 1 amide bonds. The second-order valence-electron chi connectivity index (χ2n) is 7.84. The van der Waals surface area contributed by atoms with E-state index in [1.807, 2.05) is 21.1 Å². The lowest BCUT2D eigenvalue weighted by atomic mass is 9.67. The normalized spacial score (nSPS) is 23.2. The average molecular weight is 352 g/mol. The third-order valence-corrected chi connectivity index (χ3v) is 6.02. The number of guanidine groups is 1. The van der Waals surface area contributed by atoms with Crippen LogP contribution in [0.4, 0.5) is 0 Å². The van der Waals surface area contributed by atoms with E-state index in [0.717, 1.165) is 51.4 Å². The second-order valence-corrected chi connectivity index (χ2v) is 7.84. The third kappa shape index (κ3) is 5.33. The highest BCUT2D eigenvalue weighted by atomic mass is 16.2. The SMILES string of the molecule is CCC1(CNC(=NC)NCCCN2CCCC2C(=O)N(C)C)CCC1. The Morgan fingerprint density at radius 1 is 1.28 bits per heavy atom. The van der Waals surface area contributed by atoms with E-state index in [4.69, 9.17) is 0 Å². The molecule has 1 atom stereocenters. The number of nitrogens with one attached hydrogen (secondary N) is 2. The van der Waals surface area contributed by atoms with Gasteiger partial charge in [-0.15, -0.1) is 0 Å². The van der Waals surface area contributed by atoms with Crippen LogP contribution in [0.5, 0.6) is 0 Å². The number of likely N-dealkylation sites (tertiary alicyclic amines) is 1. The number of amides is 1. The van der Waals surface area contributed by atoms with Gasteiger partial charge in [0.1, 0.15) is 0 Å². The molecule has 6 nitrogen and oxygen atoms in total. The fraction of sp³-hybridized carbons (Fsp3) is 0.895. The first-order valence-corrected chi connectivity index (χ1v) is 9.91.